The van der Waals surface area contributed by atoms with Crippen LogP contribution in [0, 0.1) is 0 Å². The number of carbonyl (C=O) groups is 3. The minimum atomic E-state index is -1.41. The summed E-state index contributed by atoms with van der Waals surface area (Å²) in [6.07, 6.45) is -2.91. The Morgan fingerprint density at radius 3 is 2.22 bits per heavy atom. The highest BCUT2D eigenvalue weighted by Gasteiger charge is 2.33. The van der Waals surface area contributed by atoms with Crippen molar-refractivity contribution in [3.63, 3.8) is 0 Å². The Morgan fingerprint density at radius 1 is 1.04 bits per heavy atom. The molecule has 11 heteroatoms. The van der Waals surface area contributed by atoms with E-state index in [1.165, 1.54) is 0 Å². The first-order chi connectivity index (χ1) is 11.1. The van der Waals surface area contributed by atoms with Gasteiger partial charge in [-0.1, -0.05) is 0 Å². The summed E-state index contributed by atoms with van der Waals surface area (Å²) in [5, 5.41) is 8.90. The van der Waals surface area contributed by atoms with Gasteiger partial charge in [-0.3, -0.25) is 0 Å². The van der Waals surface area contributed by atoms with Crippen molar-refractivity contribution in [3.8, 4) is 0 Å². The van der Waals surface area contributed by atoms with Gasteiger partial charge in [0.25, 0.3) is 6.48 Å². The van der Waals surface area contributed by atoms with Crippen molar-refractivity contribution in [2.24, 2.45) is 0 Å². The zero-order chi connectivity index (χ0) is 16.7. The number of hydrogen-bond acceptors (Lipinski definition) is 11. The molecule has 2 aliphatic heterocycles. The molecular formula is C12H16O11. The lowest BCUT2D eigenvalue weighted by Gasteiger charge is -2.10. The SMILES string of the molecule is O=C1OCC(C(=O)OCCOCCOC(=O)C2COC(O)O2)O1. The predicted molar refractivity (Wildman–Crippen MR) is 65.8 cm³/mol. The summed E-state index contributed by atoms with van der Waals surface area (Å²) < 4.78 is 33.0. The Kier molecular flexibility index (Phi) is 6.52. The summed E-state index contributed by atoms with van der Waals surface area (Å²) in [4.78, 5) is 33.4. The Labute approximate surface area is 130 Å². The van der Waals surface area contributed by atoms with E-state index < -0.39 is 36.8 Å². The van der Waals surface area contributed by atoms with Crippen LogP contribution < -0.4 is 0 Å². The van der Waals surface area contributed by atoms with E-state index in [-0.39, 0.29) is 39.6 Å². The maximum absolute atomic E-state index is 11.4. The molecule has 11 nitrogen and oxygen atoms in total. The van der Waals surface area contributed by atoms with E-state index in [0.29, 0.717) is 0 Å². The lowest BCUT2D eigenvalue weighted by atomic mass is 10.4. The van der Waals surface area contributed by atoms with E-state index in [1.807, 2.05) is 0 Å². The van der Waals surface area contributed by atoms with Crippen molar-refractivity contribution in [1.29, 1.82) is 0 Å². The van der Waals surface area contributed by atoms with Crippen LogP contribution in [0.5, 0.6) is 0 Å². The molecule has 1 N–H and O–H groups in total. The Bertz CT molecular complexity index is 437. The first kappa shape index (κ1) is 17.4. The molecule has 3 atom stereocenters. The van der Waals surface area contributed by atoms with Crippen molar-refractivity contribution in [3.05, 3.63) is 0 Å². The lowest BCUT2D eigenvalue weighted by molar-refractivity contribution is -0.209. The molecule has 0 aromatic rings. The van der Waals surface area contributed by atoms with E-state index in [2.05, 4.69) is 14.2 Å². The Hall–Kier alpha value is -1.95. The highest BCUT2D eigenvalue weighted by molar-refractivity contribution is 5.79. The molecule has 130 valence electrons. The molecule has 0 saturated carbocycles. The van der Waals surface area contributed by atoms with Gasteiger partial charge < -0.3 is 38.3 Å². The monoisotopic (exact) mass is 336 g/mol. The Balaban J connectivity index is 1.44. The number of aliphatic hydroxyl groups is 1. The third-order valence-electron chi connectivity index (χ3n) is 2.73. The van der Waals surface area contributed by atoms with E-state index >= 15 is 0 Å². The molecule has 23 heavy (non-hydrogen) atoms. The fourth-order valence-electron chi connectivity index (χ4n) is 1.65. The third-order valence-corrected chi connectivity index (χ3v) is 2.73. The van der Waals surface area contributed by atoms with Crippen LogP contribution in [0.1, 0.15) is 0 Å². The maximum Gasteiger partial charge on any atom is 0.509 e. The molecule has 0 aliphatic carbocycles. The highest BCUT2D eigenvalue weighted by Crippen LogP contribution is 2.10. The molecule has 2 saturated heterocycles. The summed E-state index contributed by atoms with van der Waals surface area (Å²) in [6.45, 7) is -1.58. The predicted octanol–water partition coefficient (Wildman–Crippen LogP) is -1.68. The van der Waals surface area contributed by atoms with Gasteiger partial charge in [0.1, 0.15) is 19.8 Å². The summed E-state index contributed by atoms with van der Waals surface area (Å²) in [5.41, 5.74) is 0. The average Bonchev–Trinajstić information content (AvgIpc) is 3.14. The van der Waals surface area contributed by atoms with Crippen LogP contribution in [-0.4, -0.2) is 81.5 Å². The van der Waals surface area contributed by atoms with Gasteiger partial charge in [-0.2, -0.15) is 0 Å². The highest BCUT2D eigenvalue weighted by atomic mass is 16.8. The van der Waals surface area contributed by atoms with Crippen LogP contribution in [-0.2, 0) is 42.7 Å². The van der Waals surface area contributed by atoms with Crippen LogP contribution in [0.2, 0.25) is 0 Å². The van der Waals surface area contributed by atoms with Crippen molar-refractivity contribution in [2.45, 2.75) is 18.7 Å². The molecule has 0 radical (unpaired) electrons. The molecule has 0 aromatic carbocycles. The third kappa shape index (κ3) is 5.63. The normalized spacial score (nSPS) is 26.5. The molecule has 2 aliphatic rings. The van der Waals surface area contributed by atoms with Crippen molar-refractivity contribution in [2.75, 3.05) is 39.6 Å². The number of cyclic esters (lactones) is 2. The van der Waals surface area contributed by atoms with Crippen LogP contribution in [0.15, 0.2) is 0 Å². The van der Waals surface area contributed by atoms with Gasteiger partial charge in [-0.05, 0) is 0 Å². The molecule has 0 spiro atoms. The molecule has 2 fully saturated rings. The second-order valence-electron chi connectivity index (χ2n) is 4.38. The smallest absolute Gasteiger partial charge is 0.461 e. The second-order valence-corrected chi connectivity index (χ2v) is 4.38. The number of hydrogen-bond donors (Lipinski definition) is 1. The second kappa shape index (κ2) is 8.62. The lowest BCUT2D eigenvalue weighted by Crippen LogP contribution is -2.28. The number of ether oxygens (including phenoxy) is 7. The van der Waals surface area contributed by atoms with Gasteiger partial charge in [0.15, 0.2) is 6.10 Å². The molecule has 0 aromatic heterocycles. The molecular weight excluding hydrogens is 320 g/mol. The first-order valence-corrected chi connectivity index (χ1v) is 6.76. The standard InChI is InChI=1S/C12H16O11/c13-9(7-5-20-11(15)22-7)18-3-1-17-2-4-19-10(14)8-6-21-12(16)23-8/h7-8,11,15H,1-6H2. The summed E-state index contributed by atoms with van der Waals surface area (Å²) in [5.74, 6) is -1.39. The average molecular weight is 336 g/mol. The fourth-order valence-corrected chi connectivity index (χ4v) is 1.65. The van der Waals surface area contributed by atoms with Gasteiger partial charge in [0, 0.05) is 0 Å². The van der Waals surface area contributed by atoms with Crippen molar-refractivity contribution < 1.29 is 52.6 Å². The number of carbonyl (C=O) groups excluding carboxylic acids is 3. The minimum Gasteiger partial charge on any atom is -0.461 e. The number of aliphatic hydroxyl groups excluding tert-OH is 1. The van der Waals surface area contributed by atoms with E-state index in [9.17, 15) is 14.4 Å². The number of rotatable bonds is 8. The molecule has 2 rings (SSSR count). The van der Waals surface area contributed by atoms with Gasteiger partial charge >= 0.3 is 18.1 Å². The zero-order valence-electron chi connectivity index (χ0n) is 12.0. The van der Waals surface area contributed by atoms with Crippen LogP contribution in [0.3, 0.4) is 0 Å². The molecule has 2 heterocycles. The fraction of sp³-hybridized carbons (Fsp3) is 0.750. The van der Waals surface area contributed by atoms with Gasteiger partial charge in [0.2, 0.25) is 6.10 Å². The van der Waals surface area contributed by atoms with E-state index in [1.54, 1.807) is 0 Å². The largest absolute Gasteiger partial charge is 0.509 e. The van der Waals surface area contributed by atoms with Gasteiger partial charge in [0.05, 0.1) is 19.8 Å². The summed E-state index contributed by atoms with van der Waals surface area (Å²) >= 11 is 0. The van der Waals surface area contributed by atoms with Gasteiger partial charge in [-0.25, -0.2) is 14.4 Å². The van der Waals surface area contributed by atoms with Crippen LogP contribution in [0.25, 0.3) is 0 Å². The first-order valence-electron chi connectivity index (χ1n) is 6.76. The van der Waals surface area contributed by atoms with Gasteiger partial charge in [-0.15, -0.1) is 0 Å². The van der Waals surface area contributed by atoms with Crippen molar-refractivity contribution in [1.82, 2.24) is 0 Å². The molecule has 3 unspecified atom stereocenters. The molecule has 0 amide bonds. The van der Waals surface area contributed by atoms with Crippen molar-refractivity contribution >= 4 is 18.1 Å². The van der Waals surface area contributed by atoms with E-state index in [0.717, 1.165) is 0 Å². The topological polar surface area (TPSA) is 136 Å². The van der Waals surface area contributed by atoms with E-state index in [4.69, 9.17) is 24.1 Å². The minimum absolute atomic E-state index is 0.0309. The number of esters is 2. The van der Waals surface area contributed by atoms with Crippen LogP contribution in [0.4, 0.5) is 4.79 Å². The Morgan fingerprint density at radius 2 is 1.70 bits per heavy atom. The van der Waals surface area contributed by atoms with Crippen LogP contribution >= 0.6 is 0 Å². The maximum atomic E-state index is 11.4. The zero-order valence-corrected chi connectivity index (χ0v) is 12.0. The molecule has 0 bridgehead atoms. The quantitative estimate of drug-likeness (QED) is 0.309. The summed E-state index contributed by atoms with van der Waals surface area (Å²) in [7, 11) is 0. The summed E-state index contributed by atoms with van der Waals surface area (Å²) in [6, 6.07) is 0.